The molecule has 8 heteroatoms. The second-order valence-corrected chi connectivity index (χ2v) is 7.00. The smallest absolute Gasteiger partial charge is 0.239 e. The molecular weight excluding hydrogens is 359 g/mol. The lowest BCUT2D eigenvalue weighted by Crippen LogP contribution is -2.47. The van der Waals surface area contributed by atoms with Crippen LogP contribution in [0.1, 0.15) is 0 Å². The van der Waals surface area contributed by atoms with Gasteiger partial charge in [0.2, 0.25) is 11.9 Å². The first-order valence-corrected chi connectivity index (χ1v) is 9.17. The Morgan fingerprint density at radius 3 is 2.61 bits per heavy atom. The van der Waals surface area contributed by atoms with E-state index in [1.54, 1.807) is 12.1 Å². The fourth-order valence-corrected chi connectivity index (χ4v) is 3.22. The van der Waals surface area contributed by atoms with Gasteiger partial charge < -0.3 is 10.2 Å². The van der Waals surface area contributed by atoms with E-state index in [0.717, 1.165) is 48.2 Å². The molecule has 0 saturated carbocycles. The molecule has 1 N–H and O–H groups in total. The molecule has 2 aromatic heterocycles. The first-order chi connectivity index (χ1) is 13.6. The van der Waals surface area contributed by atoms with Crippen LogP contribution in [0.25, 0.3) is 22.0 Å². The van der Waals surface area contributed by atoms with E-state index in [0.29, 0.717) is 12.4 Å². The molecule has 4 rings (SSSR count). The van der Waals surface area contributed by atoms with Crippen molar-refractivity contribution >= 4 is 22.6 Å². The number of aromatic nitrogens is 3. The molecule has 1 saturated heterocycles. The minimum Gasteiger partial charge on any atom is -0.308 e. The molecule has 0 aliphatic carbocycles. The second kappa shape index (κ2) is 7.95. The third-order valence-corrected chi connectivity index (χ3v) is 4.88. The fraction of sp³-hybridized carbons (Fsp3) is 0.300. The number of carbonyl (C=O) groups excluding carboxylic acids is 1. The maximum atomic E-state index is 13.0. The summed E-state index contributed by atoms with van der Waals surface area (Å²) in [6, 6.07) is 10.5. The number of fused-ring (bicyclic) bond motifs is 1. The molecule has 0 radical (unpaired) electrons. The van der Waals surface area contributed by atoms with Crippen LogP contribution in [0.3, 0.4) is 0 Å². The van der Waals surface area contributed by atoms with Crippen molar-refractivity contribution in [3.05, 3.63) is 48.5 Å². The third kappa shape index (κ3) is 4.29. The average Bonchev–Trinajstić information content (AvgIpc) is 2.70. The summed E-state index contributed by atoms with van der Waals surface area (Å²) < 4.78 is 13.0. The molecule has 28 heavy (non-hydrogen) atoms. The van der Waals surface area contributed by atoms with Crippen molar-refractivity contribution in [2.24, 2.45) is 0 Å². The lowest BCUT2D eigenvalue weighted by molar-refractivity contribution is -0.117. The Bertz CT molecular complexity index is 986. The molecule has 1 aliphatic heterocycles. The van der Waals surface area contributed by atoms with Crippen molar-refractivity contribution in [3.8, 4) is 11.1 Å². The van der Waals surface area contributed by atoms with Gasteiger partial charge in [-0.15, -0.1) is 10.2 Å². The summed E-state index contributed by atoms with van der Waals surface area (Å²) in [5, 5.41) is 11.9. The van der Waals surface area contributed by atoms with Crippen molar-refractivity contribution in [3.63, 3.8) is 0 Å². The molecule has 0 unspecified atom stereocenters. The number of pyridine rings is 1. The maximum absolute atomic E-state index is 13.0. The van der Waals surface area contributed by atoms with Crippen molar-refractivity contribution in [1.29, 1.82) is 0 Å². The Labute approximate surface area is 162 Å². The molecule has 0 bridgehead atoms. The molecule has 0 atom stereocenters. The van der Waals surface area contributed by atoms with Crippen LogP contribution in [0, 0.1) is 5.95 Å². The van der Waals surface area contributed by atoms with Crippen molar-refractivity contribution < 1.29 is 9.18 Å². The van der Waals surface area contributed by atoms with Crippen LogP contribution in [0.4, 0.5) is 10.2 Å². The first-order valence-electron chi connectivity index (χ1n) is 9.17. The number of piperazine rings is 1. The highest BCUT2D eigenvalue weighted by molar-refractivity contribution is 5.93. The molecule has 7 nitrogen and oxygen atoms in total. The van der Waals surface area contributed by atoms with Gasteiger partial charge in [-0.1, -0.05) is 6.07 Å². The van der Waals surface area contributed by atoms with E-state index in [9.17, 15) is 9.18 Å². The molecule has 3 aromatic rings. The summed E-state index contributed by atoms with van der Waals surface area (Å²) in [4.78, 5) is 20.4. The van der Waals surface area contributed by atoms with Crippen LogP contribution in [0.2, 0.25) is 0 Å². The van der Waals surface area contributed by atoms with E-state index in [1.165, 1.54) is 12.3 Å². The highest BCUT2D eigenvalue weighted by atomic mass is 19.1. The van der Waals surface area contributed by atoms with E-state index in [1.807, 2.05) is 18.2 Å². The van der Waals surface area contributed by atoms with Crippen molar-refractivity contribution in [2.75, 3.05) is 45.1 Å². The molecule has 1 amide bonds. The zero-order chi connectivity index (χ0) is 19.5. The molecule has 3 heterocycles. The van der Waals surface area contributed by atoms with E-state index in [2.05, 4.69) is 37.3 Å². The van der Waals surface area contributed by atoms with Crippen molar-refractivity contribution in [2.45, 2.75) is 0 Å². The summed E-state index contributed by atoms with van der Waals surface area (Å²) in [6.07, 6.45) is 1.49. The minimum atomic E-state index is -0.513. The fourth-order valence-electron chi connectivity index (χ4n) is 3.22. The summed E-state index contributed by atoms with van der Waals surface area (Å²) in [7, 11) is 2.08. The largest absolute Gasteiger partial charge is 0.308 e. The zero-order valence-electron chi connectivity index (χ0n) is 15.6. The van der Waals surface area contributed by atoms with E-state index in [-0.39, 0.29) is 5.91 Å². The van der Waals surface area contributed by atoms with Gasteiger partial charge >= 0.3 is 0 Å². The normalized spacial score (nSPS) is 15.6. The average molecular weight is 380 g/mol. The predicted molar refractivity (Wildman–Crippen MR) is 105 cm³/mol. The van der Waals surface area contributed by atoms with Crippen LogP contribution < -0.4 is 5.32 Å². The Morgan fingerprint density at radius 1 is 1.07 bits per heavy atom. The van der Waals surface area contributed by atoms with Gasteiger partial charge in [-0.2, -0.15) is 4.39 Å². The first kappa shape index (κ1) is 18.4. The summed E-state index contributed by atoms with van der Waals surface area (Å²) in [5.74, 6) is -0.196. The van der Waals surface area contributed by atoms with Crippen LogP contribution in [0.5, 0.6) is 0 Å². The number of benzene rings is 1. The molecule has 1 aliphatic rings. The van der Waals surface area contributed by atoms with E-state index >= 15 is 0 Å². The number of halogens is 1. The maximum Gasteiger partial charge on any atom is 0.239 e. The van der Waals surface area contributed by atoms with Gasteiger partial charge in [-0.3, -0.25) is 9.69 Å². The summed E-state index contributed by atoms with van der Waals surface area (Å²) in [6.45, 7) is 4.02. The highest BCUT2D eigenvalue weighted by Gasteiger charge is 2.17. The van der Waals surface area contributed by atoms with Crippen LogP contribution in [-0.2, 0) is 4.79 Å². The van der Waals surface area contributed by atoms with Gasteiger partial charge in [0, 0.05) is 43.3 Å². The summed E-state index contributed by atoms with van der Waals surface area (Å²) in [5.41, 5.74) is 2.42. The van der Waals surface area contributed by atoms with Crippen LogP contribution in [-0.4, -0.2) is 70.7 Å². The van der Waals surface area contributed by atoms with Gasteiger partial charge in [-0.25, -0.2) is 4.98 Å². The van der Waals surface area contributed by atoms with Gasteiger partial charge in [0.15, 0.2) is 5.82 Å². The number of hydrogen-bond acceptors (Lipinski definition) is 6. The zero-order valence-corrected chi connectivity index (χ0v) is 15.6. The molecule has 0 spiro atoms. The van der Waals surface area contributed by atoms with E-state index < -0.39 is 5.95 Å². The highest BCUT2D eigenvalue weighted by Crippen LogP contribution is 2.24. The SMILES string of the molecule is CN1CCN(CC(=O)Nc2cc3cc(-c4ccc(F)nc4)ccc3nn2)CC1. The number of rotatable bonds is 4. The number of carbonyl (C=O) groups is 1. The molecular formula is C20H21FN6O. The molecule has 144 valence electrons. The monoisotopic (exact) mass is 380 g/mol. The lowest BCUT2D eigenvalue weighted by Gasteiger charge is -2.31. The van der Waals surface area contributed by atoms with Gasteiger partial charge in [0.1, 0.15) is 0 Å². The number of nitrogens with one attached hydrogen (secondary N) is 1. The van der Waals surface area contributed by atoms with Gasteiger partial charge in [-0.05, 0) is 42.9 Å². The van der Waals surface area contributed by atoms with Crippen LogP contribution >= 0.6 is 0 Å². The second-order valence-electron chi connectivity index (χ2n) is 7.00. The molecule has 1 fully saturated rings. The third-order valence-electron chi connectivity index (χ3n) is 4.88. The molecule has 1 aromatic carbocycles. The Balaban J connectivity index is 1.48. The Kier molecular flexibility index (Phi) is 5.23. The number of likely N-dealkylation sites (N-methyl/N-ethyl adjacent to an activating group) is 1. The lowest BCUT2D eigenvalue weighted by atomic mass is 10.1. The van der Waals surface area contributed by atoms with Crippen molar-refractivity contribution in [1.82, 2.24) is 25.0 Å². The Hall–Kier alpha value is -2.97. The topological polar surface area (TPSA) is 74.2 Å². The number of anilines is 1. The van der Waals surface area contributed by atoms with Gasteiger partial charge in [0.05, 0.1) is 12.1 Å². The van der Waals surface area contributed by atoms with E-state index in [4.69, 9.17) is 0 Å². The Morgan fingerprint density at radius 2 is 1.86 bits per heavy atom. The quantitative estimate of drug-likeness (QED) is 0.698. The minimum absolute atomic E-state index is 0.0999. The summed E-state index contributed by atoms with van der Waals surface area (Å²) >= 11 is 0. The predicted octanol–water partition coefficient (Wildman–Crippen LogP) is 2.02. The van der Waals surface area contributed by atoms with Gasteiger partial charge in [0.25, 0.3) is 0 Å². The number of hydrogen-bond donors (Lipinski definition) is 1. The van der Waals surface area contributed by atoms with Crippen LogP contribution in [0.15, 0.2) is 42.6 Å². The number of amides is 1. The standard InChI is InChI=1S/C20H21FN6O/c1-26-6-8-27(9-7-26)13-20(28)23-19-11-16-10-14(2-4-17(16)24-25-19)15-3-5-18(21)22-12-15/h2-5,10-12H,6-9,13H2,1H3,(H,23,25,28). The number of nitrogens with zero attached hydrogens (tertiary/aromatic N) is 5.